The largest absolute Gasteiger partial charge is 0.468 e. The summed E-state index contributed by atoms with van der Waals surface area (Å²) in [7, 11) is 1.35. The fourth-order valence-electron chi connectivity index (χ4n) is 2.64. The Kier molecular flexibility index (Phi) is 6.96. The summed E-state index contributed by atoms with van der Waals surface area (Å²) in [5, 5.41) is 14.0. The topological polar surface area (TPSA) is 112 Å². The third-order valence-electron chi connectivity index (χ3n) is 4.04. The Labute approximate surface area is 158 Å². The molecule has 0 aliphatic rings. The van der Waals surface area contributed by atoms with Gasteiger partial charge in [-0.3, -0.25) is 15.5 Å². The molecule has 0 fully saturated rings. The number of ether oxygens (including phenoxy) is 1. The van der Waals surface area contributed by atoms with Gasteiger partial charge in [0.05, 0.1) is 7.11 Å². The Morgan fingerprint density at radius 1 is 1.26 bits per heavy atom. The maximum absolute atomic E-state index is 11.8. The quantitative estimate of drug-likeness (QED) is 0.163. The van der Waals surface area contributed by atoms with E-state index in [0.29, 0.717) is 17.7 Å². The van der Waals surface area contributed by atoms with Crippen LogP contribution in [0.3, 0.4) is 0 Å². The van der Waals surface area contributed by atoms with Crippen LogP contribution in [-0.2, 0) is 16.1 Å². The third-order valence-corrected chi connectivity index (χ3v) is 4.04. The molecule has 3 N–H and O–H groups in total. The van der Waals surface area contributed by atoms with Gasteiger partial charge in [0.15, 0.2) is 0 Å². The van der Waals surface area contributed by atoms with E-state index >= 15 is 0 Å². The molecular formula is C20H22N5O2-. The van der Waals surface area contributed by atoms with Crippen LogP contribution >= 0.6 is 0 Å². The van der Waals surface area contributed by atoms with Gasteiger partial charge in [-0.15, -0.1) is 0 Å². The molecule has 27 heavy (non-hydrogen) atoms. The Bertz CT molecular complexity index is 846. The van der Waals surface area contributed by atoms with Crippen molar-refractivity contribution in [1.82, 2.24) is 5.32 Å². The Balaban J connectivity index is 2.16. The Hall–Kier alpha value is -3.32. The molecule has 7 nitrogen and oxygen atoms in total. The zero-order valence-corrected chi connectivity index (χ0v) is 15.3. The van der Waals surface area contributed by atoms with E-state index in [4.69, 9.17) is 15.7 Å². The zero-order chi connectivity index (χ0) is 19.8. The lowest BCUT2D eigenvalue weighted by Gasteiger charge is -2.17. The van der Waals surface area contributed by atoms with Gasteiger partial charge < -0.3 is 15.7 Å². The number of methoxy groups -OCH3 is 1. The number of hydrogen-bond donors (Lipinski definition) is 3. The minimum atomic E-state index is -0.550. The van der Waals surface area contributed by atoms with Crippen molar-refractivity contribution in [3.63, 3.8) is 0 Å². The standard InChI is InChI=1S/C20H22N5O2/c1-13(2)18(20(26)27-3)23-12-14-8-10-15(11-9-14)16-6-4-5-7-17(16)19(21)24-25-22/h4-11,18,23H,1,12H2,2-3H3,(H2-,21,22,24)/q-1/t18-/m0/s1. The maximum Gasteiger partial charge on any atom is 0.327 e. The van der Waals surface area contributed by atoms with Crippen molar-refractivity contribution in [2.45, 2.75) is 19.5 Å². The molecule has 0 aliphatic carbocycles. The fourth-order valence-corrected chi connectivity index (χ4v) is 2.64. The van der Waals surface area contributed by atoms with Crippen molar-refractivity contribution in [1.29, 1.82) is 10.9 Å². The molecule has 0 unspecified atom stereocenters. The van der Waals surface area contributed by atoms with Crippen molar-refractivity contribution in [3.8, 4) is 11.1 Å². The van der Waals surface area contributed by atoms with E-state index in [1.54, 1.807) is 13.0 Å². The summed E-state index contributed by atoms with van der Waals surface area (Å²) in [6, 6.07) is 14.6. The summed E-state index contributed by atoms with van der Waals surface area (Å²) >= 11 is 0. The van der Waals surface area contributed by atoms with E-state index in [1.807, 2.05) is 42.5 Å². The van der Waals surface area contributed by atoms with E-state index < -0.39 is 6.04 Å². The van der Waals surface area contributed by atoms with E-state index in [9.17, 15) is 4.79 Å². The highest BCUT2D eigenvalue weighted by atomic mass is 16.5. The SMILES string of the molecule is C=C(C)[C@H](NCc1ccc(-c2ccccc2C(=N)[N-]N=N)cc1)C(=O)OC. The van der Waals surface area contributed by atoms with E-state index in [-0.39, 0.29) is 11.8 Å². The van der Waals surface area contributed by atoms with Crippen molar-refractivity contribution in [3.05, 3.63) is 77.2 Å². The van der Waals surface area contributed by atoms with Gasteiger partial charge in [0.1, 0.15) is 6.04 Å². The summed E-state index contributed by atoms with van der Waals surface area (Å²) < 4.78 is 4.78. The van der Waals surface area contributed by atoms with Crippen molar-refractivity contribution < 1.29 is 9.53 Å². The highest BCUT2D eigenvalue weighted by molar-refractivity contribution is 6.09. The normalized spacial score (nSPS) is 11.3. The number of nitrogens with one attached hydrogen (secondary N) is 3. The first kappa shape index (κ1) is 20.0. The van der Waals surface area contributed by atoms with Crippen LogP contribution in [0.2, 0.25) is 0 Å². The number of rotatable bonds is 8. The molecule has 0 spiro atoms. The first-order chi connectivity index (χ1) is 13.0. The summed E-state index contributed by atoms with van der Waals surface area (Å²) in [5.41, 5.74) is 14.4. The second kappa shape index (κ2) is 9.40. The second-order valence-electron chi connectivity index (χ2n) is 5.97. The molecule has 2 rings (SSSR count). The predicted molar refractivity (Wildman–Crippen MR) is 105 cm³/mol. The Morgan fingerprint density at radius 2 is 1.93 bits per heavy atom. The lowest BCUT2D eigenvalue weighted by atomic mass is 9.98. The van der Waals surface area contributed by atoms with Crippen LogP contribution < -0.4 is 5.32 Å². The first-order valence-electron chi connectivity index (χ1n) is 8.29. The average molecular weight is 364 g/mol. The molecule has 0 saturated heterocycles. The fraction of sp³-hybridized carbons (Fsp3) is 0.200. The zero-order valence-electron chi connectivity index (χ0n) is 15.3. The minimum Gasteiger partial charge on any atom is -0.468 e. The molecule has 0 amide bonds. The van der Waals surface area contributed by atoms with Gasteiger partial charge in [-0.2, -0.15) is 0 Å². The number of amidine groups is 1. The molecule has 7 heteroatoms. The van der Waals surface area contributed by atoms with Gasteiger partial charge in [-0.1, -0.05) is 60.7 Å². The highest BCUT2D eigenvalue weighted by Crippen LogP contribution is 2.25. The summed E-state index contributed by atoms with van der Waals surface area (Å²) in [6.07, 6.45) is 0. The van der Waals surface area contributed by atoms with Gasteiger partial charge >= 0.3 is 5.97 Å². The second-order valence-corrected chi connectivity index (χ2v) is 5.97. The monoisotopic (exact) mass is 364 g/mol. The molecule has 2 aromatic carbocycles. The van der Waals surface area contributed by atoms with Crippen LogP contribution in [0.1, 0.15) is 18.1 Å². The van der Waals surface area contributed by atoms with Gasteiger partial charge in [0.25, 0.3) is 0 Å². The summed E-state index contributed by atoms with van der Waals surface area (Å²) in [4.78, 5) is 11.8. The number of nitrogens with zero attached hydrogens (tertiary/aromatic N) is 2. The summed E-state index contributed by atoms with van der Waals surface area (Å²) in [5.74, 6) is -0.427. The summed E-state index contributed by atoms with van der Waals surface area (Å²) in [6.45, 7) is 6.08. The average Bonchev–Trinajstić information content (AvgIpc) is 2.68. The van der Waals surface area contributed by atoms with Crippen LogP contribution in [-0.4, -0.2) is 25.0 Å². The number of carbonyl (C=O) groups excluding carboxylic acids is 1. The van der Waals surface area contributed by atoms with Gasteiger partial charge in [0.2, 0.25) is 0 Å². The molecule has 2 aromatic rings. The maximum atomic E-state index is 11.8. The number of carbonyl (C=O) groups is 1. The lowest BCUT2D eigenvalue weighted by Crippen LogP contribution is -2.37. The smallest absolute Gasteiger partial charge is 0.327 e. The highest BCUT2D eigenvalue weighted by Gasteiger charge is 2.18. The first-order valence-corrected chi connectivity index (χ1v) is 8.29. The van der Waals surface area contributed by atoms with Crippen LogP contribution in [0.15, 0.2) is 65.9 Å². The Morgan fingerprint density at radius 3 is 2.52 bits per heavy atom. The molecule has 0 bridgehead atoms. The van der Waals surface area contributed by atoms with Gasteiger partial charge in [-0.25, -0.2) is 5.22 Å². The van der Waals surface area contributed by atoms with Crippen LogP contribution in [0, 0.1) is 10.9 Å². The number of esters is 1. The van der Waals surface area contributed by atoms with Crippen molar-refractivity contribution in [2.24, 2.45) is 5.22 Å². The van der Waals surface area contributed by atoms with Crippen LogP contribution in [0.25, 0.3) is 16.6 Å². The van der Waals surface area contributed by atoms with E-state index in [1.165, 1.54) is 7.11 Å². The molecule has 0 aromatic heterocycles. The minimum absolute atomic E-state index is 0.0614. The molecule has 0 saturated carbocycles. The van der Waals surface area contributed by atoms with Gasteiger partial charge in [-0.05, 0) is 29.2 Å². The van der Waals surface area contributed by atoms with E-state index in [2.05, 4.69) is 22.5 Å². The lowest BCUT2D eigenvalue weighted by molar-refractivity contribution is -0.142. The number of hydrogen-bond acceptors (Lipinski definition) is 6. The molecule has 140 valence electrons. The van der Waals surface area contributed by atoms with Crippen LogP contribution in [0.4, 0.5) is 0 Å². The van der Waals surface area contributed by atoms with E-state index in [0.717, 1.165) is 16.7 Å². The molecule has 0 aliphatic heterocycles. The van der Waals surface area contributed by atoms with Gasteiger partial charge in [0, 0.05) is 12.4 Å². The number of benzene rings is 2. The molecular weight excluding hydrogens is 342 g/mol. The third kappa shape index (κ3) is 5.08. The molecule has 0 radical (unpaired) electrons. The van der Waals surface area contributed by atoms with Crippen LogP contribution in [0.5, 0.6) is 0 Å². The molecule has 0 heterocycles. The molecule has 1 atom stereocenters. The van der Waals surface area contributed by atoms with Crippen molar-refractivity contribution in [2.75, 3.05) is 7.11 Å². The predicted octanol–water partition coefficient (Wildman–Crippen LogP) is 4.21. The van der Waals surface area contributed by atoms with Crippen molar-refractivity contribution >= 4 is 11.8 Å².